The van der Waals surface area contributed by atoms with Crippen LogP contribution in [0.25, 0.3) is 0 Å². The van der Waals surface area contributed by atoms with Gasteiger partial charge in [-0.15, -0.1) is 0 Å². The molecule has 2 N–H and O–H groups in total. The fourth-order valence-electron chi connectivity index (χ4n) is 1.86. The fourth-order valence-corrected chi connectivity index (χ4v) is 1.86. The lowest BCUT2D eigenvalue weighted by Crippen LogP contribution is -2.34. The summed E-state index contributed by atoms with van der Waals surface area (Å²) >= 11 is 0. The molecule has 1 heterocycles. The number of hydrogen-bond acceptors (Lipinski definition) is 2. The highest BCUT2D eigenvalue weighted by atomic mass is 19.1. The van der Waals surface area contributed by atoms with E-state index in [1.54, 1.807) is 0 Å². The number of benzene rings is 1. The molecule has 2 atom stereocenters. The zero-order valence-electron chi connectivity index (χ0n) is 9.68. The van der Waals surface area contributed by atoms with E-state index in [0.29, 0.717) is 5.56 Å². The maximum atomic E-state index is 13.4. The van der Waals surface area contributed by atoms with Crippen LogP contribution in [-0.2, 0) is 4.79 Å². The number of nitrogens with one attached hydrogen (secondary N) is 2. The summed E-state index contributed by atoms with van der Waals surface area (Å²) in [5, 5.41) is 5.47. The molecule has 0 aromatic heterocycles. The molecule has 3 nitrogen and oxygen atoms in total. The molecule has 17 heavy (non-hydrogen) atoms. The van der Waals surface area contributed by atoms with Crippen LogP contribution >= 0.6 is 0 Å². The van der Waals surface area contributed by atoms with Crippen LogP contribution < -0.4 is 10.6 Å². The van der Waals surface area contributed by atoms with Crippen LogP contribution in [-0.4, -0.2) is 11.9 Å². The number of carbonyl (C=O) groups excluding carboxylic acids is 1. The molecule has 92 valence electrons. The third-order valence-corrected chi connectivity index (χ3v) is 2.97. The molecule has 1 aliphatic heterocycles. The molecule has 0 radical (unpaired) electrons. The normalized spacial score (nSPS) is 20.0. The Bertz CT molecular complexity index is 462. The highest BCUT2D eigenvalue weighted by Crippen LogP contribution is 2.34. The summed E-state index contributed by atoms with van der Waals surface area (Å²) < 4.78 is 26.6. The zero-order chi connectivity index (χ0) is 12.6. The number of halogens is 2. The monoisotopic (exact) mass is 240 g/mol. The quantitative estimate of drug-likeness (QED) is 0.851. The van der Waals surface area contributed by atoms with Crippen molar-refractivity contribution in [1.29, 1.82) is 0 Å². The molecule has 0 aliphatic carbocycles. The summed E-state index contributed by atoms with van der Waals surface area (Å²) in [5.41, 5.74) is 0.421. The lowest BCUT2D eigenvalue weighted by atomic mass is 10.1. The first-order valence-electron chi connectivity index (χ1n) is 5.58. The van der Waals surface area contributed by atoms with Crippen LogP contribution in [0.3, 0.4) is 0 Å². The maximum Gasteiger partial charge on any atom is 0.246 e. The Labute approximate surface area is 98.2 Å². The van der Waals surface area contributed by atoms with Crippen LogP contribution in [0.15, 0.2) is 12.1 Å². The van der Waals surface area contributed by atoms with E-state index in [1.165, 1.54) is 6.07 Å². The summed E-state index contributed by atoms with van der Waals surface area (Å²) in [4.78, 5) is 11.7. The fraction of sp³-hybridized carbons (Fsp3) is 0.417. The number of amides is 1. The summed E-state index contributed by atoms with van der Waals surface area (Å²) in [6.45, 7) is 3.89. The Morgan fingerprint density at radius 2 is 2.18 bits per heavy atom. The summed E-state index contributed by atoms with van der Waals surface area (Å²) in [6, 6.07) is 1.38. The number of anilines is 1. The van der Waals surface area contributed by atoms with E-state index < -0.39 is 17.7 Å². The van der Waals surface area contributed by atoms with E-state index >= 15 is 0 Å². The maximum absolute atomic E-state index is 13.4. The molecule has 0 saturated heterocycles. The predicted octanol–water partition coefficient (Wildman–Crippen LogP) is 2.35. The number of carbonyl (C=O) groups is 1. The molecule has 5 heteroatoms. The average Bonchev–Trinajstić information content (AvgIpc) is 2.57. The number of fused-ring (bicyclic) bond motifs is 1. The van der Waals surface area contributed by atoms with Gasteiger partial charge in [-0.05, 0) is 19.4 Å². The smallest absolute Gasteiger partial charge is 0.246 e. The first-order chi connectivity index (χ1) is 8.02. The topological polar surface area (TPSA) is 41.1 Å². The summed E-state index contributed by atoms with van der Waals surface area (Å²) in [6.07, 6.45) is 0.830. The molecule has 1 aromatic carbocycles. The first-order valence-corrected chi connectivity index (χ1v) is 5.58. The van der Waals surface area contributed by atoms with E-state index in [0.717, 1.165) is 12.5 Å². The van der Waals surface area contributed by atoms with Gasteiger partial charge in [0.15, 0.2) is 0 Å². The second kappa shape index (κ2) is 4.41. The molecule has 0 bridgehead atoms. The van der Waals surface area contributed by atoms with Crippen molar-refractivity contribution in [3.8, 4) is 0 Å². The second-order valence-electron chi connectivity index (χ2n) is 4.25. The van der Waals surface area contributed by atoms with Crippen molar-refractivity contribution < 1.29 is 13.6 Å². The van der Waals surface area contributed by atoms with Crippen molar-refractivity contribution in [3.05, 3.63) is 29.3 Å². The van der Waals surface area contributed by atoms with Gasteiger partial charge in [0.25, 0.3) is 0 Å². The van der Waals surface area contributed by atoms with E-state index in [-0.39, 0.29) is 17.6 Å². The van der Waals surface area contributed by atoms with Crippen LogP contribution in [0.2, 0.25) is 0 Å². The predicted molar refractivity (Wildman–Crippen MR) is 60.6 cm³/mol. The molecule has 0 spiro atoms. The summed E-state index contributed by atoms with van der Waals surface area (Å²) in [5.74, 6) is -1.75. The van der Waals surface area contributed by atoms with Gasteiger partial charge in [0.2, 0.25) is 5.91 Å². The van der Waals surface area contributed by atoms with Gasteiger partial charge in [0.1, 0.15) is 17.7 Å². The average molecular weight is 240 g/mol. The van der Waals surface area contributed by atoms with Crippen molar-refractivity contribution in [2.24, 2.45) is 0 Å². The van der Waals surface area contributed by atoms with Crippen molar-refractivity contribution in [2.75, 3.05) is 5.32 Å². The van der Waals surface area contributed by atoms with Crippen molar-refractivity contribution in [1.82, 2.24) is 5.32 Å². The molecular weight excluding hydrogens is 226 g/mol. The minimum Gasteiger partial charge on any atom is -0.322 e. The second-order valence-corrected chi connectivity index (χ2v) is 4.25. The highest BCUT2D eigenvalue weighted by molar-refractivity contribution is 6.02. The molecule has 1 amide bonds. The van der Waals surface area contributed by atoms with Crippen molar-refractivity contribution >= 4 is 11.6 Å². The van der Waals surface area contributed by atoms with Crippen LogP contribution in [0.5, 0.6) is 0 Å². The van der Waals surface area contributed by atoms with E-state index in [4.69, 9.17) is 0 Å². The largest absolute Gasteiger partial charge is 0.322 e. The van der Waals surface area contributed by atoms with Gasteiger partial charge in [-0.25, -0.2) is 8.78 Å². The van der Waals surface area contributed by atoms with Gasteiger partial charge in [-0.1, -0.05) is 6.92 Å². The number of rotatable bonds is 3. The van der Waals surface area contributed by atoms with Gasteiger partial charge in [-0.3, -0.25) is 10.1 Å². The molecule has 0 saturated carbocycles. The minimum absolute atomic E-state index is 0.0807. The first kappa shape index (κ1) is 12.0. The lowest BCUT2D eigenvalue weighted by molar-refractivity contribution is -0.117. The van der Waals surface area contributed by atoms with Gasteiger partial charge in [0.05, 0.1) is 5.69 Å². The molecule has 1 aliphatic rings. The van der Waals surface area contributed by atoms with Crippen LogP contribution in [0.4, 0.5) is 14.5 Å². The SMILES string of the molecule is CCC(C)NC1C(=O)Nc2c(F)cc(F)cc21. The Hall–Kier alpha value is -1.49. The Balaban J connectivity index is 2.36. The van der Waals surface area contributed by atoms with Gasteiger partial charge < -0.3 is 5.32 Å². The molecule has 2 unspecified atom stereocenters. The Morgan fingerprint density at radius 1 is 1.47 bits per heavy atom. The Kier molecular flexibility index (Phi) is 3.11. The molecular formula is C12H14F2N2O. The molecule has 0 fully saturated rings. The molecule has 2 rings (SSSR count). The van der Waals surface area contributed by atoms with Gasteiger partial charge in [-0.2, -0.15) is 0 Å². The lowest BCUT2D eigenvalue weighted by Gasteiger charge is -2.16. The molecule has 1 aromatic rings. The Morgan fingerprint density at radius 3 is 2.82 bits per heavy atom. The third kappa shape index (κ3) is 2.15. The van der Waals surface area contributed by atoms with Gasteiger partial charge >= 0.3 is 0 Å². The van der Waals surface area contributed by atoms with Crippen molar-refractivity contribution in [2.45, 2.75) is 32.4 Å². The highest BCUT2D eigenvalue weighted by Gasteiger charge is 2.33. The van der Waals surface area contributed by atoms with E-state index in [1.807, 2.05) is 13.8 Å². The summed E-state index contributed by atoms with van der Waals surface area (Å²) in [7, 11) is 0. The third-order valence-electron chi connectivity index (χ3n) is 2.97. The van der Waals surface area contributed by atoms with E-state index in [2.05, 4.69) is 10.6 Å². The van der Waals surface area contributed by atoms with Crippen LogP contribution in [0.1, 0.15) is 31.9 Å². The van der Waals surface area contributed by atoms with Crippen LogP contribution in [0, 0.1) is 11.6 Å². The standard InChI is InChI=1S/C12H14F2N2O/c1-3-6(2)15-11-8-4-7(13)5-9(14)10(8)16-12(11)17/h4-6,11,15H,3H2,1-2H3,(H,16,17). The number of hydrogen-bond donors (Lipinski definition) is 2. The van der Waals surface area contributed by atoms with Gasteiger partial charge in [0, 0.05) is 17.7 Å². The minimum atomic E-state index is -0.734. The van der Waals surface area contributed by atoms with E-state index in [9.17, 15) is 13.6 Å². The van der Waals surface area contributed by atoms with Crippen molar-refractivity contribution in [3.63, 3.8) is 0 Å². The zero-order valence-corrected chi connectivity index (χ0v) is 9.68.